The Bertz CT molecular complexity index is 6830. The maximum atomic E-state index is 17.3. The van der Waals surface area contributed by atoms with Gasteiger partial charge in [0.05, 0.1) is 51.2 Å². The summed E-state index contributed by atoms with van der Waals surface area (Å²) in [6.07, 6.45) is 0. The molecule has 4 nitrogen and oxygen atoms in total. The van der Waals surface area contributed by atoms with E-state index in [0.29, 0.717) is 28.4 Å². The number of para-hydroxylation sites is 6. The van der Waals surface area contributed by atoms with E-state index < -0.39 is 23.3 Å². The monoisotopic (exact) mass is 1560 g/mol. The highest BCUT2D eigenvalue weighted by Gasteiger charge is 2.29. The van der Waals surface area contributed by atoms with Crippen LogP contribution in [0.3, 0.4) is 0 Å². The molecule has 0 spiro atoms. The summed E-state index contributed by atoms with van der Waals surface area (Å²) in [6.45, 7) is 0. The lowest BCUT2D eigenvalue weighted by atomic mass is 9.91. The van der Waals surface area contributed by atoms with Gasteiger partial charge < -0.3 is 20.0 Å². The smallest absolute Gasteiger partial charge is 0.148 e. The predicted molar refractivity (Wildman–Crippen MR) is 470 cm³/mol. The highest BCUT2D eigenvalue weighted by atomic mass is 79.9. The van der Waals surface area contributed by atoms with Crippen LogP contribution in [-0.4, -0.2) is 0 Å². The molecule has 115 heavy (non-hydrogen) atoms. The van der Waals surface area contributed by atoms with Gasteiger partial charge in [-0.1, -0.05) is 295 Å². The summed E-state index contributed by atoms with van der Waals surface area (Å²) < 4.78 is 94.9. The summed E-state index contributed by atoms with van der Waals surface area (Å²) in [5, 5.41) is 15.3. The lowest BCUT2D eigenvalue weighted by Gasteiger charge is -2.31. The third-order valence-electron chi connectivity index (χ3n) is 21.1. The molecule has 0 aromatic heterocycles. The van der Waals surface area contributed by atoms with Crippen molar-refractivity contribution in [1.29, 1.82) is 0 Å². The van der Waals surface area contributed by atoms with Crippen LogP contribution in [0.25, 0.3) is 109 Å². The van der Waals surface area contributed by atoms with Crippen molar-refractivity contribution in [2.24, 2.45) is 0 Å². The SMILES string of the molecule is Fc1cc(-c2ccccc2)cc(-c2ccccc2)c1Nc1ccccc1.Fc1ccccc1N(c1ccccc1F)c1ccc2ccc3c(Br)ccc4ccc1c2c43.Fc1ccccc1N(c1ccccc1F)c1ccc2ccc3c(N(c4ccccc4)c4c(F)cc(-c5ccccc5)cc4-c4ccccc4)ccc4ccc1c2c43. The molecule has 0 amide bonds. The second kappa shape index (κ2) is 31.5. The molecule has 0 saturated heterocycles. The van der Waals surface area contributed by atoms with E-state index in [2.05, 4.69) is 81.9 Å². The Kier molecular flexibility index (Phi) is 19.8. The van der Waals surface area contributed by atoms with Crippen molar-refractivity contribution < 1.29 is 26.3 Å². The van der Waals surface area contributed by atoms with E-state index in [1.807, 2.05) is 235 Å². The van der Waals surface area contributed by atoms with E-state index in [1.165, 1.54) is 24.3 Å². The van der Waals surface area contributed by atoms with E-state index >= 15 is 26.3 Å². The molecule has 0 radical (unpaired) electrons. The Hall–Kier alpha value is -14.3. The van der Waals surface area contributed by atoms with Gasteiger partial charge in [0.15, 0.2) is 0 Å². The first-order chi connectivity index (χ1) is 56.5. The van der Waals surface area contributed by atoms with E-state index in [9.17, 15) is 0 Å². The highest BCUT2D eigenvalue weighted by molar-refractivity contribution is 9.10. The average Bonchev–Trinajstić information content (AvgIpc) is 0.723. The van der Waals surface area contributed by atoms with Gasteiger partial charge in [0.2, 0.25) is 0 Å². The lowest BCUT2D eigenvalue weighted by molar-refractivity contribution is 0.619. The molecule has 552 valence electrons. The summed E-state index contributed by atoms with van der Waals surface area (Å²) in [5.41, 5.74) is 12.8. The number of anilines is 11. The van der Waals surface area contributed by atoms with Gasteiger partial charge in [0.1, 0.15) is 34.9 Å². The number of halogens is 7. The van der Waals surface area contributed by atoms with E-state index in [0.717, 1.165) is 136 Å². The number of hydrogen-bond acceptors (Lipinski definition) is 4. The molecular weight excluding hydrogens is 1500 g/mol. The highest BCUT2D eigenvalue weighted by Crippen LogP contribution is 2.52. The summed E-state index contributed by atoms with van der Waals surface area (Å²) in [4.78, 5) is 5.35. The molecule has 0 bridgehead atoms. The van der Waals surface area contributed by atoms with Gasteiger partial charge in [0.25, 0.3) is 0 Å². The van der Waals surface area contributed by atoms with Gasteiger partial charge in [-0.05, 0) is 203 Å². The van der Waals surface area contributed by atoms with Crippen LogP contribution in [0.2, 0.25) is 0 Å². The molecule has 20 aromatic rings. The molecule has 0 fully saturated rings. The van der Waals surface area contributed by atoms with Crippen LogP contribution in [0.5, 0.6) is 0 Å². The average molecular weight is 1570 g/mol. The quantitative estimate of drug-likeness (QED) is 0.0816. The molecule has 0 aliphatic heterocycles. The first-order valence-corrected chi connectivity index (χ1v) is 38.5. The maximum absolute atomic E-state index is 17.3. The van der Waals surface area contributed by atoms with Crippen LogP contribution in [0.15, 0.2) is 405 Å². The Morgan fingerprint density at radius 3 is 0.930 bits per heavy atom. The molecular formula is C104H67BrF6N4. The molecule has 11 heteroatoms. The van der Waals surface area contributed by atoms with Crippen LogP contribution in [-0.2, 0) is 0 Å². The maximum Gasteiger partial charge on any atom is 0.148 e. The van der Waals surface area contributed by atoms with Gasteiger partial charge in [-0.2, -0.15) is 0 Å². The van der Waals surface area contributed by atoms with Crippen LogP contribution in [0.1, 0.15) is 0 Å². The first-order valence-electron chi connectivity index (χ1n) is 37.7. The zero-order valence-electron chi connectivity index (χ0n) is 61.6. The van der Waals surface area contributed by atoms with Crippen molar-refractivity contribution in [2.45, 2.75) is 0 Å². The minimum atomic E-state index is -0.471. The van der Waals surface area contributed by atoms with Crippen LogP contribution in [0, 0.1) is 34.9 Å². The van der Waals surface area contributed by atoms with Gasteiger partial charge in [-0.15, -0.1) is 0 Å². The summed E-state index contributed by atoms with van der Waals surface area (Å²) in [6, 6.07) is 125. The van der Waals surface area contributed by atoms with Crippen LogP contribution >= 0.6 is 15.9 Å². The van der Waals surface area contributed by atoms with E-state index in [-0.39, 0.29) is 23.0 Å². The molecule has 0 saturated carbocycles. The summed E-state index contributed by atoms with van der Waals surface area (Å²) in [5.74, 6) is -2.40. The molecule has 0 atom stereocenters. The predicted octanol–water partition coefficient (Wildman–Crippen LogP) is 31.3. The zero-order chi connectivity index (χ0) is 78.0. The number of nitrogens with one attached hydrogen (secondary N) is 1. The van der Waals surface area contributed by atoms with Gasteiger partial charge in [0, 0.05) is 43.1 Å². The third kappa shape index (κ3) is 13.9. The zero-order valence-corrected chi connectivity index (χ0v) is 63.2. The lowest BCUT2D eigenvalue weighted by Crippen LogP contribution is -2.14. The normalized spacial score (nSPS) is 11.3. The number of benzene rings is 20. The van der Waals surface area contributed by atoms with E-state index in [4.69, 9.17) is 0 Å². The van der Waals surface area contributed by atoms with Crippen molar-refractivity contribution in [2.75, 3.05) is 20.0 Å². The number of hydrogen-bond donors (Lipinski definition) is 1. The fourth-order valence-electron chi connectivity index (χ4n) is 15.9. The van der Waals surface area contributed by atoms with Crippen molar-refractivity contribution in [1.82, 2.24) is 0 Å². The van der Waals surface area contributed by atoms with Crippen LogP contribution < -0.4 is 20.0 Å². The topological polar surface area (TPSA) is 21.8 Å². The Morgan fingerprint density at radius 2 is 0.522 bits per heavy atom. The second-order valence-corrected chi connectivity index (χ2v) is 28.8. The molecule has 20 rings (SSSR count). The van der Waals surface area contributed by atoms with E-state index in [1.54, 1.807) is 94.7 Å². The Labute approximate surface area is 669 Å². The van der Waals surface area contributed by atoms with Crippen LogP contribution in [0.4, 0.5) is 88.9 Å². The first kappa shape index (κ1) is 72.3. The van der Waals surface area contributed by atoms with Crippen molar-refractivity contribution >= 4 is 143 Å². The molecule has 20 aromatic carbocycles. The second-order valence-electron chi connectivity index (χ2n) is 28.0. The number of rotatable bonds is 15. The summed E-state index contributed by atoms with van der Waals surface area (Å²) >= 11 is 3.67. The standard InChI is InChI=1S/C52H33F3N2.C28H16BrF2N.C24H18FN/c53-43-20-10-12-22-48(43)57(49-23-13-11-21-44(49)54)47-31-27-37-24-28-40-46(30-26-36-25-29-41(47)51(37)50(36)40)56(39-18-8-3-9-19-39)52-42(35-16-6-2-7-17-35)32-38(33-45(52)55)34-14-4-1-5-15-34;29-21-15-11-17-10-14-20-24(16-12-18-9-13-19(21)27(17)28(18)20)32(25-7-3-1-5-22(25)30)26-8-4-2-6-23(26)31;25-23-17-20(18-10-4-1-5-11-18)16-22(19-12-6-2-7-13-19)24(23)26-21-14-8-3-9-15-21/h1-33H;1-16H;1-17,26H. The fraction of sp³-hybridized carbons (Fsp3) is 0. The fourth-order valence-corrected chi connectivity index (χ4v) is 16.3. The number of nitrogens with zero attached hydrogens (tertiary/aromatic N) is 3. The molecule has 0 heterocycles. The van der Waals surface area contributed by atoms with Gasteiger partial charge >= 0.3 is 0 Å². The Morgan fingerprint density at radius 1 is 0.217 bits per heavy atom. The van der Waals surface area contributed by atoms with Crippen molar-refractivity contribution in [3.8, 4) is 44.5 Å². The third-order valence-corrected chi connectivity index (χ3v) is 21.8. The van der Waals surface area contributed by atoms with Gasteiger partial charge in [-0.3, -0.25) is 0 Å². The van der Waals surface area contributed by atoms with Gasteiger partial charge in [-0.25, -0.2) is 26.3 Å². The molecule has 0 unspecified atom stereocenters. The molecule has 1 N–H and O–H groups in total. The minimum Gasteiger partial charge on any atom is -0.353 e. The largest absolute Gasteiger partial charge is 0.353 e. The molecule has 0 aliphatic rings. The van der Waals surface area contributed by atoms with Crippen molar-refractivity contribution in [3.63, 3.8) is 0 Å². The van der Waals surface area contributed by atoms with Crippen molar-refractivity contribution in [3.05, 3.63) is 440 Å². The summed E-state index contributed by atoms with van der Waals surface area (Å²) in [7, 11) is 0. The molecule has 0 aliphatic carbocycles. The Balaban J connectivity index is 0.000000133. The minimum absolute atomic E-state index is 0.233.